The van der Waals surface area contributed by atoms with Crippen molar-refractivity contribution < 1.29 is 105 Å². The van der Waals surface area contributed by atoms with Crippen molar-refractivity contribution in [3.05, 3.63) is 142 Å². The lowest BCUT2D eigenvalue weighted by Crippen LogP contribution is -2.54. The summed E-state index contributed by atoms with van der Waals surface area (Å²) in [6.07, 6.45) is 7.67. The quantitative estimate of drug-likeness (QED) is 0.0221. The van der Waals surface area contributed by atoms with Gasteiger partial charge in [0.25, 0.3) is 23.6 Å². The Bertz CT molecular complexity index is 4290. The topological polar surface area (TPSA) is 359 Å². The van der Waals surface area contributed by atoms with Gasteiger partial charge in [0.15, 0.2) is 23.0 Å². The second-order valence-electron chi connectivity index (χ2n) is 28.6. The van der Waals surface area contributed by atoms with Gasteiger partial charge >= 0.3 is 6.09 Å². The van der Waals surface area contributed by atoms with E-state index in [1.165, 1.54) is 43.8 Å². The number of nitrogens with zero attached hydrogens (tertiary/aromatic N) is 6. The van der Waals surface area contributed by atoms with Crippen LogP contribution in [-0.2, 0) is 104 Å². The number of carbonyl (C=O) groups excluding carboxylic acids is 9. The number of methoxy groups -OCH3 is 2. The van der Waals surface area contributed by atoms with E-state index in [4.69, 9.17) is 71.6 Å². The maximum Gasteiger partial charge on any atom is 0.414 e. The second kappa shape index (κ2) is 44.4. The van der Waals surface area contributed by atoms with Gasteiger partial charge in [-0.3, -0.25) is 58.1 Å². The highest BCUT2D eigenvalue weighted by molar-refractivity contribution is 6.13. The van der Waals surface area contributed by atoms with Gasteiger partial charge in [0, 0.05) is 114 Å². The van der Waals surface area contributed by atoms with Crippen LogP contribution in [0.1, 0.15) is 102 Å². The predicted molar refractivity (Wildman–Crippen MR) is 427 cm³/mol. The molecule has 9 amide bonds. The molecule has 0 aliphatic carbocycles. The summed E-state index contributed by atoms with van der Waals surface area (Å²) in [5.41, 5.74) is 6.74. The Morgan fingerprint density at radius 3 is 1.71 bits per heavy atom. The average Bonchev–Trinajstić information content (AvgIpc) is 1.53. The number of nitrogens with one attached hydrogen (secondary N) is 4. The number of imide groups is 1. The monoisotopic (exact) mass is 1610 g/mol. The number of fused-ring (bicyclic) bond motifs is 6. The molecule has 0 saturated heterocycles. The molecule has 4 N–H and O–H groups in total. The van der Waals surface area contributed by atoms with Gasteiger partial charge in [0.05, 0.1) is 161 Å². The molecular weight excluding hydrogens is 1500 g/mol. The molecule has 0 radical (unpaired) electrons. The third kappa shape index (κ3) is 25.2. The van der Waals surface area contributed by atoms with Gasteiger partial charge in [-0.25, -0.2) is 4.79 Å². The number of amides is 9. The Hall–Kier alpha value is -10.7. The third-order valence-electron chi connectivity index (χ3n) is 19.8. The number of ether oxygens (including phenoxy) is 13. The summed E-state index contributed by atoms with van der Waals surface area (Å²) in [6.45, 7) is 14.6. The maximum absolute atomic E-state index is 14.6. The molecule has 5 aliphatic heterocycles. The van der Waals surface area contributed by atoms with E-state index >= 15 is 0 Å². The predicted octanol–water partition coefficient (Wildman–Crippen LogP) is 7.21. The van der Waals surface area contributed by atoms with Crippen molar-refractivity contribution in [2.75, 3.05) is 163 Å². The number of aliphatic imine (C=N–C) groups is 2. The lowest BCUT2D eigenvalue weighted by Gasteiger charge is -2.42. The van der Waals surface area contributed by atoms with Gasteiger partial charge in [0.2, 0.25) is 23.6 Å². The van der Waals surface area contributed by atoms with Gasteiger partial charge in [-0.2, -0.15) is 0 Å². The van der Waals surface area contributed by atoms with Crippen LogP contribution in [0.5, 0.6) is 23.0 Å². The van der Waals surface area contributed by atoms with Crippen LogP contribution in [0.3, 0.4) is 0 Å². The van der Waals surface area contributed by atoms with Crippen molar-refractivity contribution in [1.29, 1.82) is 0 Å². The Morgan fingerprint density at radius 1 is 0.560 bits per heavy atom. The lowest BCUT2D eigenvalue weighted by molar-refractivity contribution is -0.137. The first-order valence-electron chi connectivity index (χ1n) is 39.1. The number of benzene rings is 5. The maximum atomic E-state index is 14.6. The van der Waals surface area contributed by atoms with Gasteiger partial charge in [-0.1, -0.05) is 56.3 Å². The minimum atomic E-state index is -0.965. The fourth-order valence-corrected chi connectivity index (χ4v) is 13.2. The van der Waals surface area contributed by atoms with Crippen molar-refractivity contribution >= 4 is 88.5 Å². The standard InChI is InChI=1S/C84H106N10O22/c1-56(2)78(90-75(96)23-29-107-31-33-109-35-37-111-39-41-113-43-42-112-40-38-110-36-34-108-32-30-106-26-10-24-85-74(95)22-25-92-76(97)20-21-77(92)98)80(100)88-57(3)79(99)89-63-17-14-58(15-18-63)54-116-83(103)91(5)64-19-16-60-50-84(4)55-87-69-49-73(71(105-7)47-67(69)82(102)94(84)53-62(60)45-64)115-28-11-27-114-72-48-68-66(46-70(72)104-6)81(101)93-52-61-13-9-8-12-59(61)44-65(93)51-86-68/h8-9,12-21,45-49,51,55-57,65,78H,10-11,22-44,50,52-54H2,1-7H3,(H,85,95)(H,88,100)(H,89,99)(H,90,96)/t57-,65?,78-,84?/m0/s1. The minimum absolute atomic E-state index is 0.00222. The van der Waals surface area contributed by atoms with Crippen molar-refractivity contribution in [3.8, 4) is 23.0 Å². The fourth-order valence-electron chi connectivity index (χ4n) is 13.2. The van der Waals surface area contributed by atoms with E-state index < -0.39 is 53.3 Å². The number of carbonyl (C=O) groups is 9. The van der Waals surface area contributed by atoms with Gasteiger partial charge < -0.3 is 92.6 Å². The Kier molecular flexibility index (Phi) is 33.6. The van der Waals surface area contributed by atoms with Crippen LogP contribution in [0, 0.1) is 5.92 Å². The molecule has 624 valence electrons. The zero-order chi connectivity index (χ0) is 82.4. The molecule has 5 heterocycles. The molecule has 32 heteroatoms. The van der Waals surface area contributed by atoms with Crippen LogP contribution in [-0.4, -0.2) is 257 Å². The zero-order valence-corrected chi connectivity index (χ0v) is 66.9. The van der Waals surface area contributed by atoms with E-state index in [0.717, 1.165) is 21.6 Å². The van der Waals surface area contributed by atoms with E-state index in [1.807, 2.05) is 48.4 Å². The lowest BCUT2D eigenvalue weighted by atomic mass is 9.84. The van der Waals surface area contributed by atoms with Crippen molar-refractivity contribution in [2.24, 2.45) is 15.9 Å². The first-order chi connectivity index (χ1) is 56.2. The highest BCUT2D eigenvalue weighted by Gasteiger charge is 2.42. The van der Waals surface area contributed by atoms with Crippen LogP contribution in [0.25, 0.3) is 0 Å². The Balaban J connectivity index is 0.541. The summed E-state index contributed by atoms with van der Waals surface area (Å²) >= 11 is 0. The summed E-state index contributed by atoms with van der Waals surface area (Å²) < 4.78 is 73.9. The fraction of sp³-hybridized carbons (Fsp3) is 0.488. The summed E-state index contributed by atoms with van der Waals surface area (Å²) in [5.74, 6) is -1.51. The summed E-state index contributed by atoms with van der Waals surface area (Å²) in [6, 6.07) is 25.3. The van der Waals surface area contributed by atoms with Gasteiger partial charge in [-0.15, -0.1) is 0 Å². The summed E-state index contributed by atoms with van der Waals surface area (Å²) in [7, 11) is 4.65. The number of anilines is 2. The number of rotatable bonds is 48. The summed E-state index contributed by atoms with van der Waals surface area (Å²) in [5, 5.41) is 11.0. The summed E-state index contributed by atoms with van der Waals surface area (Å²) in [4.78, 5) is 132. The zero-order valence-electron chi connectivity index (χ0n) is 66.9. The molecule has 4 atom stereocenters. The van der Waals surface area contributed by atoms with Crippen molar-refractivity contribution in [3.63, 3.8) is 0 Å². The largest absolute Gasteiger partial charge is 0.493 e. The Morgan fingerprint density at radius 2 is 1.12 bits per heavy atom. The SMILES string of the molecule is COc1cc2c(cc1OCCCOc1cc3c(cc1OC)C(=O)N1Cc4cc(N(C)C(=O)OCc5ccc(NC(=O)[C@H](C)NC(=O)[C@@H](NC(=O)CCOCCOCCOCCOCCOCCOCCOCCOCCCNC(=O)CCN6C(=O)C=CC6=O)C(C)C)cc5)ccc4CC1(C)C=N3)N=CC1Cc3ccccc3CN1C2=O. The van der Waals surface area contributed by atoms with Crippen LogP contribution in [0.4, 0.5) is 27.5 Å². The van der Waals surface area contributed by atoms with E-state index in [-0.39, 0.29) is 88.6 Å². The van der Waals surface area contributed by atoms with E-state index in [2.05, 4.69) is 33.4 Å². The van der Waals surface area contributed by atoms with Gasteiger partial charge in [0.1, 0.15) is 18.7 Å². The molecule has 0 fully saturated rings. The molecule has 116 heavy (non-hydrogen) atoms. The smallest absolute Gasteiger partial charge is 0.414 e. The molecule has 32 nitrogen and oxygen atoms in total. The minimum Gasteiger partial charge on any atom is -0.493 e. The molecule has 0 bridgehead atoms. The van der Waals surface area contributed by atoms with Gasteiger partial charge in [-0.05, 0) is 96.8 Å². The number of hydrogen-bond donors (Lipinski definition) is 4. The highest BCUT2D eigenvalue weighted by Crippen LogP contribution is 2.43. The normalized spacial score (nSPS) is 16.2. The highest BCUT2D eigenvalue weighted by atomic mass is 16.6. The molecule has 0 aromatic heterocycles. The van der Waals surface area contributed by atoms with Crippen LogP contribution >= 0.6 is 0 Å². The Labute approximate surface area is 675 Å². The molecular formula is C84H106N10O22. The number of hydrogen-bond acceptors (Lipinski definition) is 24. The molecule has 5 aromatic carbocycles. The first-order valence-corrected chi connectivity index (χ1v) is 39.1. The average molecular weight is 1610 g/mol. The van der Waals surface area contributed by atoms with Crippen LogP contribution in [0.15, 0.2) is 113 Å². The van der Waals surface area contributed by atoms with E-state index in [1.54, 1.807) is 80.5 Å². The van der Waals surface area contributed by atoms with E-state index in [9.17, 15) is 43.2 Å². The third-order valence-corrected chi connectivity index (χ3v) is 19.8. The second-order valence-corrected chi connectivity index (χ2v) is 28.6. The van der Waals surface area contributed by atoms with Crippen molar-refractivity contribution in [2.45, 2.75) is 110 Å². The van der Waals surface area contributed by atoms with Crippen LogP contribution < -0.4 is 45.1 Å². The van der Waals surface area contributed by atoms with Crippen molar-refractivity contribution in [1.82, 2.24) is 30.7 Å². The molecule has 5 aliphatic rings. The molecule has 0 spiro atoms. The molecule has 2 unspecified atom stereocenters. The molecule has 5 aromatic rings. The molecule has 0 saturated carbocycles. The molecule has 10 rings (SSSR count). The first kappa shape index (κ1) is 87.7. The van der Waals surface area contributed by atoms with E-state index in [0.29, 0.717) is 194 Å². The van der Waals surface area contributed by atoms with Crippen LogP contribution in [0.2, 0.25) is 0 Å².